The SMILES string of the molecule is CN(C)c1cc(C2CCN(C(=O)[C@H]3CCCO3)CC2)nc(-c2cnccn2)n1. The van der Waals surface area contributed by atoms with Crippen LogP contribution in [0.2, 0.25) is 0 Å². The fraction of sp³-hybridized carbons (Fsp3) is 0.550. The van der Waals surface area contributed by atoms with Gasteiger partial charge in [0.15, 0.2) is 5.82 Å². The fourth-order valence-corrected chi connectivity index (χ4v) is 3.79. The van der Waals surface area contributed by atoms with Crippen LogP contribution in [0, 0.1) is 0 Å². The van der Waals surface area contributed by atoms with E-state index in [-0.39, 0.29) is 12.0 Å². The predicted molar refractivity (Wildman–Crippen MR) is 105 cm³/mol. The molecule has 2 saturated heterocycles. The molecule has 0 bridgehead atoms. The number of hydrogen-bond acceptors (Lipinski definition) is 7. The molecule has 0 unspecified atom stereocenters. The lowest BCUT2D eigenvalue weighted by Gasteiger charge is -2.33. The van der Waals surface area contributed by atoms with E-state index in [9.17, 15) is 4.79 Å². The first kappa shape index (κ1) is 18.7. The van der Waals surface area contributed by atoms with E-state index >= 15 is 0 Å². The number of ether oxygens (including phenoxy) is 1. The molecule has 2 aromatic heterocycles. The molecule has 1 amide bonds. The summed E-state index contributed by atoms with van der Waals surface area (Å²) in [5, 5.41) is 0. The maximum absolute atomic E-state index is 12.6. The number of nitrogens with zero attached hydrogens (tertiary/aromatic N) is 6. The third-order valence-corrected chi connectivity index (χ3v) is 5.41. The first-order valence-corrected chi connectivity index (χ1v) is 9.85. The van der Waals surface area contributed by atoms with E-state index in [2.05, 4.69) is 15.0 Å². The first-order valence-electron chi connectivity index (χ1n) is 9.85. The Morgan fingerprint density at radius 2 is 2.00 bits per heavy atom. The van der Waals surface area contributed by atoms with Gasteiger partial charge in [0.25, 0.3) is 5.91 Å². The molecule has 0 spiro atoms. The summed E-state index contributed by atoms with van der Waals surface area (Å²) in [6.45, 7) is 2.18. The monoisotopic (exact) mass is 382 g/mol. The van der Waals surface area contributed by atoms with Crippen LogP contribution in [0.4, 0.5) is 5.82 Å². The second-order valence-electron chi connectivity index (χ2n) is 7.56. The Bertz CT molecular complexity index is 815. The molecule has 4 rings (SSSR count). The summed E-state index contributed by atoms with van der Waals surface area (Å²) < 4.78 is 5.56. The Hall–Kier alpha value is -2.61. The van der Waals surface area contributed by atoms with Gasteiger partial charge in [0.05, 0.1) is 6.20 Å². The summed E-state index contributed by atoms with van der Waals surface area (Å²) in [5.74, 6) is 1.88. The van der Waals surface area contributed by atoms with Gasteiger partial charge in [-0.05, 0) is 25.7 Å². The van der Waals surface area contributed by atoms with Crippen molar-refractivity contribution < 1.29 is 9.53 Å². The molecule has 0 radical (unpaired) electrons. The van der Waals surface area contributed by atoms with E-state index in [1.165, 1.54) is 0 Å². The van der Waals surface area contributed by atoms with Gasteiger partial charge in [-0.2, -0.15) is 0 Å². The molecular weight excluding hydrogens is 356 g/mol. The lowest BCUT2D eigenvalue weighted by Crippen LogP contribution is -2.43. The second-order valence-corrected chi connectivity index (χ2v) is 7.56. The Morgan fingerprint density at radius 3 is 2.64 bits per heavy atom. The van der Waals surface area contributed by atoms with Gasteiger partial charge in [0, 0.05) is 63.9 Å². The molecule has 2 aliphatic rings. The van der Waals surface area contributed by atoms with Crippen LogP contribution >= 0.6 is 0 Å². The van der Waals surface area contributed by atoms with Crippen molar-refractivity contribution in [1.29, 1.82) is 0 Å². The van der Waals surface area contributed by atoms with Gasteiger partial charge in [0.1, 0.15) is 17.6 Å². The molecule has 8 nitrogen and oxygen atoms in total. The normalized spacial score (nSPS) is 20.4. The minimum atomic E-state index is -0.237. The smallest absolute Gasteiger partial charge is 0.251 e. The minimum absolute atomic E-state index is 0.146. The number of anilines is 1. The van der Waals surface area contributed by atoms with Gasteiger partial charge in [-0.1, -0.05) is 0 Å². The maximum Gasteiger partial charge on any atom is 0.251 e. The number of amides is 1. The molecule has 0 aliphatic carbocycles. The maximum atomic E-state index is 12.6. The molecule has 0 N–H and O–H groups in total. The molecule has 2 aliphatic heterocycles. The average Bonchev–Trinajstić information content (AvgIpc) is 3.28. The molecule has 148 valence electrons. The van der Waals surface area contributed by atoms with Crippen LogP contribution in [0.15, 0.2) is 24.7 Å². The van der Waals surface area contributed by atoms with Crippen LogP contribution in [-0.2, 0) is 9.53 Å². The van der Waals surface area contributed by atoms with Crippen LogP contribution in [-0.4, -0.2) is 70.6 Å². The minimum Gasteiger partial charge on any atom is -0.368 e. The molecule has 8 heteroatoms. The lowest BCUT2D eigenvalue weighted by atomic mass is 9.92. The van der Waals surface area contributed by atoms with E-state index in [1.807, 2.05) is 30.0 Å². The highest BCUT2D eigenvalue weighted by molar-refractivity contribution is 5.81. The van der Waals surface area contributed by atoms with Crippen molar-refractivity contribution in [2.24, 2.45) is 0 Å². The second kappa shape index (κ2) is 8.18. The zero-order valence-electron chi connectivity index (χ0n) is 16.4. The van der Waals surface area contributed by atoms with Crippen molar-refractivity contribution >= 4 is 11.7 Å². The van der Waals surface area contributed by atoms with Gasteiger partial charge in [-0.25, -0.2) is 15.0 Å². The molecule has 28 heavy (non-hydrogen) atoms. The summed E-state index contributed by atoms with van der Waals surface area (Å²) in [6.07, 6.45) is 8.34. The Morgan fingerprint density at radius 1 is 1.18 bits per heavy atom. The number of aromatic nitrogens is 4. The van der Waals surface area contributed by atoms with Gasteiger partial charge < -0.3 is 14.5 Å². The number of carbonyl (C=O) groups is 1. The largest absolute Gasteiger partial charge is 0.368 e. The van der Waals surface area contributed by atoms with Crippen molar-refractivity contribution in [2.45, 2.75) is 37.7 Å². The van der Waals surface area contributed by atoms with E-state index < -0.39 is 0 Å². The number of piperidine rings is 1. The van der Waals surface area contributed by atoms with E-state index in [0.29, 0.717) is 24.0 Å². The van der Waals surface area contributed by atoms with Crippen molar-refractivity contribution in [3.8, 4) is 11.5 Å². The van der Waals surface area contributed by atoms with Gasteiger partial charge in [0.2, 0.25) is 0 Å². The van der Waals surface area contributed by atoms with Crippen LogP contribution in [0.5, 0.6) is 0 Å². The van der Waals surface area contributed by atoms with Crippen LogP contribution in [0.1, 0.15) is 37.3 Å². The Labute approximate surface area is 165 Å². The van der Waals surface area contributed by atoms with Crippen LogP contribution < -0.4 is 4.90 Å². The number of likely N-dealkylation sites (tertiary alicyclic amines) is 1. The topological polar surface area (TPSA) is 84.3 Å². The first-order chi connectivity index (χ1) is 13.6. The standard InChI is InChI=1S/C20H26N6O2/c1-25(2)18-12-15(23-19(24-18)16-13-21-7-8-22-16)14-5-9-26(10-6-14)20(27)17-4-3-11-28-17/h7-8,12-14,17H,3-6,9-11H2,1-2H3/t17-/m1/s1. The van der Waals surface area contributed by atoms with Crippen LogP contribution in [0.3, 0.4) is 0 Å². The summed E-state index contributed by atoms with van der Waals surface area (Å²) in [4.78, 5) is 34.4. The molecular formula is C20H26N6O2. The summed E-state index contributed by atoms with van der Waals surface area (Å²) in [7, 11) is 3.94. The van der Waals surface area contributed by atoms with Gasteiger partial charge >= 0.3 is 0 Å². The summed E-state index contributed by atoms with van der Waals surface area (Å²) >= 11 is 0. The zero-order chi connectivity index (χ0) is 19.5. The van der Waals surface area contributed by atoms with Crippen molar-refractivity contribution in [1.82, 2.24) is 24.8 Å². The molecule has 4 heterocycles. The lowest BCUT2D eigenvalue weighted by molar-refractivity contribution is -0.142. The third-order valence-electron chi connectivity index (χ3n) is 5.41. The molecule has 2 aromatic rings. The van der Waals surface area contributed by atoms with Gasteiger partial charge in [-0.3, -0.25) is 9.78 Å². The number of rotatable bonds is 4. The molecule has 1 atom stereocenters. The highest BCUT2D eigenvalue weighted by Gasteiger charge is 2.31. The zero-order valence-corrected chi connectivity index (χ0v) is 16.4. The molecule has 2 fully saturated rings. The third kappa shape index (κ3) is 3.96. The number of carbonyl (C=O) groups excluding carboxylic acids is 1. The molecule has 0 saturated carbocycles. The quantitative estimate of drug-likeness (QED) is 0.798. The van der Waals surface area contributed by atoms with Crippen molar-refractivity contribution in [3.05, 3.63) is 30.4 Å². The summed E-state index contributed by atoms with van der Waals surface area (Å²) in [5.41, 5.74) is 1.67. The summed E-state index contributed by atoms with van der Waals surface area (Å²) in [6, 6.07) is 2.04. The molecule has 0 aromatic carbocycles. The predicted octanol–water partition coefficient (Wildman–Crippen LogP) is 1.88. The highest BCUT2D eigenvalue weighted by atomic mass is 16.5. The van der Waals surface area contributed by atoms with Crippen molar-refractivity contribution in [2.75, 3.05) is 38.7 Å². The van der Waals surface area contributed by atoms with E-state index in [1.54, 1.807) is 18.6 Å². The Kier molecular flexibility index (Phi) is 5.47. The Balaban J connectivity index is 1.51. The number of hydrogen-bond donors (Lipinski definition) is 0. The fourth-order valence-electron chi connectivity index (χ4n) is 3.79. The van der Waals surface area contributed by atoms with E-state index in [0.717, 1.165) is 50.3 Å². The van der Waals surface area contributed by atoms with E-state index in [4.69, 9.17) is 9.72 Å². The van der Waals surface area contributed by atoms with Gasteiger partial charge in [-0.15, -0.1) is 0 Å². The van der Waals surface area contributed by atoms with Crippen molar-refractivity contribution in [3.63, 3.8) is 0 Å². The highest BCUT2D eigenvalue weighted by Crippen LogP contribution is 2.30. The average molecular weight is 382 g/mol. The van der Waals surface area contributed by atoms with Crippen LogP contribution in [0.25, 0.3) is 11.5 Å².